The Morgan fingerprint density at radius 2 is 1.81 bits per heavy atom. The summed E-state index contributed by atoms with van der Waals surface area (Å²) in [6.45, 7) is 6.46. The Hall–Kier alpha value is -2.24. The van der Waals surface area contributed by atoms with Crippen LogP contribution in [0.4, 0.5) is 11.5 Å². The monoisotopic (exact) mass is 437 g/mol. The van der Waals surface area contributed by atoms with Gasteiger partial charge in [-0.25, -0.2) is 9.97 Å². The summed E-state index contributed by atoms with van der Waals surface area (Å²) in [5.41, 5.74) is 6.01. The summed E-state index contributed by atoms with van der Waals surface area (Å²) in [5, 5.41) is 4.66. The van der Waals surface area contributed by atoms with Gasteiger partial charge in [-0.3, -0.25) is 0 Å². The topological polar surface area (TPSA) is 37.8 Å². The second-order valence-corrected chi connectivity index (χ2v) is 8.53. The third kappa shape index (κ3) is 3.37. The number of nitrogens with zero attached hydrogens (tertiary/aromatic N) is 2. The normalized spacial score (nSPS) is 11.1. The molecule has 5 heteroatoms. The van der Waals surface area contributed by atoms with Crippen molar-refractivity contribution in [3.8, 4) is 11.1 Å². The summed E-state index contributed by atoms with van der Waals surface area (Å²) < 4.78 is 1.08. The van der Waals surface area contributed by atoms with Crippen molar-refractivity contribution in [1.82, 2.24) is 9.97 Å². The summed E-state index contributed by atoms with van der Waals surface area (Å²) in [6, 6.07) is 14.8. The number of aryl methyl sites for hydroxylation is 2. The summed E-state index contributed by atoms with van der Waals surface area (Å²) in [7, 11) is 0. The maximum absolute atomic E-state index is 4.60. The lowest BCUT2D eigenvalue weighted by molar-refractivity contribution is 1.19. The van der Waals surface area contributed by atoms with E-state index in [-0.39, 0.29) is 0 Å². The van der Waals surface area contributed by atoms with Crippen molar-refractivity contribution in [1.29, 1.82) is 0 Å². The van der Waals surface area contributed by atoms with E-state index in [2.05, 4.69) is 94.5 Å². The molecule has 2 aromatic carbocycles. The number of halogens is 1. The Kier molecular flexibility index (Phi) is 4.98. The first-order valence-electron chi connectivity index (χ1n) is 8.94. The number of thiophene rings is 1. The molecule has 0 atom stereocenters. The van der Waals surface area contributed by atoms with Crippen molar-refractivity contribution in [2.75, 3.05) is 5.32 Å². The molecule has 0 radical (unpaired) electrons. The molecule has 136 valence electrons. The van der Waals surface area contributed by atoms with Crippen LogP contribution in [-0.4, -0.2) is 9.97 Å². The number of hydrogen-bond donors (Lipinski definition) is 1. The van der Waals surface area contributed by atoms with Crippen LogP contribution in [-0.2, 0) is 6.42 Å². The molecule has 0 spiro atoms. The fraction of sp³-hybridized carbons (Fsp3) is 0.182. The van der Waals surface area contributed by atoms with E-state index in [1.165, 1.54) is 27.1 Å². The molecule has 3 nitrogen and oxygen atoms in total. The van der Waals surface area contributed by atoms with Gasteiger partial charge in [0.25, 0.3) is 0 Å². The van der Waals surface area contributed by atoms with Crippen LogP contribution in [0.15, 0.2) is 53.3 Å². The van der Waals surface area contributed by atoms with Gasteiger partial charge in [-0.1, -0.05) is 47.1 Å². The fourth-order valence-electron chi connectivity index (χ4n) is 3.26. The van der Waals surface area contributed by atoms with Crippen LogP contribution < -0.4 is 5.32 Å². The highest BCUT2D eigenvalue weighted by Gasteiger charge is 2.18. The van der Waals surface area contributed by atoms with Crippen molar-refractivity contribution >= 4 is 49.0 Å². The summed E-state index contributed by atoms with van der Waals surface area (Å²) in [6.07, 6.45) is 2.62. The predicted octanol–water partition coefficient (Wildman–Crippen LogP) is 7.04. The van der Waals surface area contributed by atoms with Crippen molar-refractivity contribution in [2.45, 2.75) is 27.2 Å². The third-order valence-electron chi connectivity index (χ3n) is 4.87. The number of hydrogen-bond acceptors (Lipinski definition) is 4. The van der Waals surface area contributed by atoms with E-state index >= 15 is 0 Å². The fourth-order valence-corrected chi connectivity index (χ4v) is 4.62. The SMILES string of the molecule is CCc1sc2ncnc(Nc3cccc(C)c3C)c2c1-c1ccc(Br)cc1. The molecule has 2 aromatic heterocycles. The average Bonchev–Trinajstić information content (AvgIpc) is 3.06. The van der Waals surface area contributed by atoms with Gasteiger partial charge in [0.15, 0.2) is 0 Å². The largest absolute Gasteiger partial charge is 0.339 e. The number of anilines is 2. The third-order valence-corrected chi connectivity index (χ3v) is 6.64. The Balaban J connectivity index is 1.93. The molecule has 4 aromatic rings. The molecule has 0 aliphatic rings. The second kappa shape index (κ2) is 7.41. The van der Waals surface area contributed by atoms with Gasteiger partial charge in [-0.2, -0.15) is 0 Å². The van der Waals surface area contributed by atoms with E-state index in [0.29, 0.717) is 0 Å². The van der Waals surface area contributed by atoms with Gasteiger partial charge >= 0.3 is 0 Å². The number of aromatic nitrogens is 2. The minimum atomic E-state index is 0.863. The predicted molar refractivity (Wildman–Crippen MR) is 119 cm³/mol. The van der Waals surface area contributed by atoms with Gasteiger partial charge in [-0.05, 0) is 55.2 Å². The Bertz CT molecular complexity index is 1120. The van der Waals surface area contributed by atoms with Gasteiger partial charge in [-0.15, -0.1) is 11.3 Å². The summed E-state index contributed by atoms with van der Waals surface area (Å²) in [5.74, 6) is 0.863. The highest BCUT2D eigenvalue weighted by atomic mass is 79.9. The molecule has 4 rings (SSSR count). The first-order valence-corrected chi connectivity index (χ1v) is 10.5. The molecule has 1 N–H and O–H groups in total. The van der Waals surface area contributed by atoms with Gasteiger partial charge in [0, 0.05) is 20.6 Å². The molecular formula is C22H20BrN3S. The standard InChI is InChI=1S/C22H20BrN3S/c1-4-18-19(15-8-10-16(23)11-9-15)20-21(24-12-25-22(20)27-18)26-17-7-5-6-13(2)14(17)3/h5-12H,4H2,1-3H3,(H,24,25,26). The maximum atomic E-state index is 4.60. The molecule has 27 heavy (non-hydrogen) atoms. The van der Waals surface area contributed by atoms with Crippen LogP contribution in [0.1, 0.15) is 22.9 Å². The van der Waals surface area contributed by atoms with E-state index in [1.807, 2.05) is 0 Å². The Labute approximate surface area is 171 Å². The van der Waals surface area contributed by atoms with Crippen molar-refractivity contribution in [2.24, 2.45) is 0 Å². The van der Waals surface area contributed by atoms with E-state index in [9.17, 15) is 0 Å². The van der Waals surface area contributed by atoms with Crippen LogP contribution in [0.5, 0.6) is 0 Å². The van der Waals surface area contributed by atoms with E-state index in [0.717, 1.165) is 32.6 Å². The smallest absolute Gasteiger partial charge is 0.143 e. The Morgan fingerprint density at radius 3 is 2.56 bits per heavy atom. The number of rotatable bonds is 4. The van der Waals surface area contributed by atoms with E-state index in [1.54, 1.807) is 17.7 Å². The van der Waals surface area contributed by atoms with E-state index in [4.69, 9.17) is 0 Å². The zero-order valence-electron chi connectivity index (χ0n) is 15.5. The molecule has 0 saturated heterocycles. The van der Waals surface area contributed by atoms with Crippen LogP contribution in [0, 0.1) is 13.8 Å². The van der Waals surface area contributed by atoms with Gasteiger partial charge in [0.1, 0.15) is 17.0 Å². The summed E-state index contributed by atoms with van der Waals surface area (Å²) >= 11 is 5.29. The summed E-state index contributed by atoms with van der Waals surface area (Å²) in [4.78, 5) is 11.5. The van der Waals surface area contributed by atoms with Gasteiger partial charge in [0.05, 0.1) is 5.39 Å². The lowest BCUT2D eigenvalue weighted by atomic mass is 10.0. The first kappa shape index (κ1) is 18.1. The minimum Gasteiger partial charge on any atom is -0.339 e. The molecule has 0 bridgehead atoms. The van der Waals surface area contributed by atoms with Crippen molar-refractivity contribution in [3.05, 3.63) is 69.3 Å². The lowest BCUT2D eigenvalue weighted by Gasteiger charge is -2.13. The number of nitrogens with one attached hydrogen (secondary N) is 1. The highest BCUT2D eigenvalue weighted by Crippen LogP contribution is 2.42. The molecule has 0 aliphatic heterocycles. The average molecular weight is 438 g/mol. The number of fused-ring (bicyclic) bond motifs is 1. The lowest BCUT2D eigenvalue weighted by Crippen LogP contribution is -1.98. The van der Waals surface area contributed by atoms with Crippen LogP contribution in [0.2, 0.25) is 0 Å². The molecule has 0 unspecified atom stereocenters. The molecule has 0 aliphatic carbocycles. The molecule has 0 amide bonds. The molecule has 2 heterocycles. The van der Waals surface area contributed by atoms with Crippen molar-refractivity contribution in [3.63, 3.8) is 0 Å². The van der Waals surface area contributed by atoms with Gasteiger partial charge in [0.2, 0.25) is 0 Å². The van der Waals surface area contributed by atoms with Crippen LogP contribution >= 0.6 is 27.3 Å². The maximum Gasteiger partial charge on any atom is 0.143 e. The van der Waals surface area contributed by atoms with Gasteiger partial charge < -0.3 is 5.32 Å². The minimum absolute atomic E-state index is 0.863. The molecule has 0 fully saturated rings. The Morgan fingerprint density at radius 1 is 1.04 bits per heavy atom. The quantitative estimate of drug-likeness (QED) is 0.371. The zero-order chi connectivity index (χ0) is 19.0. The molecular weight excluding hydrogens is 418 g/mol. The van der Waals surface area contributed by atoms with Crippen molar-refractivity contribution < 1.29 is 0 Å². The first-order chi connectivity index (χ1) is 13.1. The second-order valence-electron chi connectivity index (χ2n) is 6.54. The van der Waals surface area contributed by atoms with Crippen LogP contribution in [0.3, 0.4) is 0 Å². The zero-order valence-corrected chi connectivity index (χ0v) is 17.9. The highest BCUT2D eigenvalue weighted by molar-refractivity contribution is 9.10. The number of benzene rings is 2. The molecule has 0 saturated carbocycles. The van der Waals surface area contributed by atoms with E-state index < -0.39 is 0 Å². The van der Waals surface area contributed by atoms with Crippen LogP contribution in [0.25, 0.3) is 21.3 Å².